The second-order valence-corrected chi connectivity index (χ2v) is 3.98. The van der Waals surface area contributed by atoms with Crippen molar-refractivity contribution in [2.75, 3.05) is 13.2 Å². The largest absolute Gasteiger partial charge is 0.396 e. The van der Waals surface area contributed by atoms with Crippen LogP contribution in [0.3, 0.4) is 0 Å². The first-order chi connectivity index (χ1) is 5.93. The first-order valence-corrected chi connectivity index (χ1v) is 4.56. The third kappa shape index (κ3) is 4.85. The van der Waals surface area contributed by atoms with Gasteiger partial charge in [0, 0.05) is 24.6 Å². The van der Waals surface area contributed by atoms with Gasteiger partial charge in [-0.3, -0.25) is 4.79 Å². The third-order valence-electron chi connectivity index (χ3n) is 2.00. The van der Waals surface area contributed by atoms with Crippen LogP contribution in [0.1, 0.15) is 27.2 Å². The van der Waals surface area contributed by atoms with Gasteiger partial charge in [-0.15, -0.1) is 0 Å². The molecule has 0 aliphatic rings. The molecule has 0 radical (unpaired) electrons. The first-order valence-electron chi connectivity index (χ1n) is 4.56. The Labute approximate surface area is 79.5 Å². The van der Waals surface area contributed by atoms with Crippen molar-refractivity contribution in [1.29, 1.82) is 0 Å². The molecule has 0 fully saturated rings. The second-order valence-electron chi connectivity index (χ2n) is 3.98. The van der Waals surface area contributed by atoms with Crippen molar-refractivity contribution < 1.29 is 9.90 Å². The van der Waals surface area contributed by atoms with Crippen molar-refractivity contribution in [1.82, 2.24) is 5.32 Å². The molecular weight excluding hydrogens is 168 g/mol. The molecule has 13 heavy (non-hydrogen) atoms. The number of aliphatic hydroxyl groups excluding tert-OH is 1. The summed E-state index contributed by atoms with van der Waals surface area (Å²) in [5.74, 6) is -0.223. The number of nitrogens with one attached hydrogen (secondary N) is 1. The fourth-order valence-corrected chi connectivity index (χ4v) is 0.906. The van der Waals surface area contributed by atoms with Gasteiger partial charge in [0.15, 0.2) is 0 Å². The highest BCUT2D eigenvalue weighted by molar-refractivity contribution is 5.79. The van der Waals surface area contributed by atoms with Gasteiger partial charge < -0.3 is 16.2 Å². The van der Waals surface area contributed by atoms with Gasteiger partial charge in [-0.2, -0.15) is 0 Å². The Bertz CT molecular complexity index is 169. The van der Waals surface area contributed by atoms with E-state index in [9.17, 15) is 4.79 Å². The molecule has 1 amide bonds. The lowest BCUT2D eigenvalue weighted by atomic mass is 10.00. The maximum absolute atomic E-state index is 11.4. The van der Waals surface area contributed by atoms with Crippen LogP contribution in [-0.2, 0) is 4.79 Å². The average Bonchev–Trinajstić information content (AvgIpc) is 2.01. The number of carbonyl (C=O) groups is 1. The fraction of sp³-hybridized carbons (Fsp3) is 0.889. The van der Waals surface area contributed by atoms with Crippen LogP contribution in [0.2, 0.25) is 0 Å². The van der Waals surface area contributed by atoms with Crippen LogP contribution in [0.4, 0.5) is 0 Å². The molecule has 4 nitrogen and oxygen atoms in total. The molecule has 1 unspecified atom stereocenters. The van der Waals surface area contributed by atoms with Gasteiger partial charge in [0.2, 0.25) is 5.91 Å². The Morgan fingerprint density at radius 3 is 2.54 bits per heavy atom. The molecule has 78 valence electrons. The first kappa shape index (κ1) is 12.4. The molecule has 0 aromatic rings. The van der Waals surface area contributed by atoms with Crippen molar-refractivity contribution in [3.8, 4) is 0 Å². The van der Waals surface area contributed by atoms with Crippen LogP contribution in [0.5, 0.6) is 0 Å². The number of amides is 1. The molecule has 0 spiro atoms. The van der Waals surface area contributed by atoms with Crippen molar-refractivity contribution in [2.24, 2.45) is 11.7 Å². The highest BCUT2D eigenvalue weighted by atomic mass is 16.3. The minimum Gasteiger partial charge on any atom is -0.396 e. The van der Waals surface area contributed by atoms with E-state index in [1.807, 2.05) is 13.8 Å². The number of carbonyl (C=O) groups excluding carboxylic acids is 1. The summed E-state index contributed by atoms with van der Waals surface area (Å²) in [5.41, 5.74) is 5.00. The predicted octanol–water partition coefficient (Wildman–Crippen LogP) is -0.142. The molecule has 0 bridgehead atoms. The molecule has 0 aliphatic carbocycles. The zero-order valence-corrected chi connectivity index (χ0v) is 8.63. The van der Waals surface area contributed by atoms with Gasteiger partial charge in [-0.1, -0.05) is 6.92 Å². The Morgan fingerprint density at radius 2 is 2.15 bits per heavy atom. The zero-order valence-electron chi connectivity index (χ0n) is 8.63. The smallest absolute Gasteiger partial charge is 0.224 e. The standard InChI is InChI=1S/C9H20N2O2/c1-7(6-10)8(13)11-9(2,3)4-5-12/h7,12H,4-6,10H2,1-3H3,(H,11,13). The minimum absolute atomic E-state index is 0.0547. The molecule has 0 aromatic heterocycles. The summed E-state index contributed by atoms with van der Waals surface area (Å²) in [6, 6.07) is 0. The molecule has 0 saturated carbocycles. The van der Waals surface area contributed by atoms with Crippen molar-refractivity contribution in [2.45, 2.75) is 32.7 Å². The van der Waals surface area contributed by atoms with Gasteiger partial charge in [-0.25, -0.2) is 0 Å². The van der Waals surface area contributed by atoms with E-state index in [-0.39, 0.29) is 24.0 Å². The van der Waals surface area contributed by atoms with Crippen molar-refractivity contribution in [3.63, 3.8) is 0 Å². The lowest BCUT2D eigenvalue weighted by Gasteiger charge is -2.26. The Hall–Kier alpha value is -0.610. The summed E-state index contributed by atoms with van der Waals surface area (Å²) in [7, 11) is 0. The maximum Gasteiger partial charge on any atom is 0.224 e. The molecule has 0 heterocycles. The maximum atomic E-state index is 11.4. The van der Waals surface area contributed by atoms with Crippen LogP contribution in [0.15, 0.2) is 0 Å². The quantitative estimate of drug-likeness (QED) is 0.562. The highest BCUT2D eigenvalue weighted by Gasteiger charge is 2.21. The minimum atomic E-state index is -0.352. The topological polar surface area (TPSA) is 75.4 Å². The van der Waals surface area contributed by atoms with Crippen LogP contribution >= 0.6 is 0 Å². The lowest BCUT2D eigenvalue weighted by Crippen LogP contribution is -2.47. The van der Waals surface area contributed by atoms with Gasteiger partial charge in [-0.05, 0) is 20.3 Å². The number of rotatable bonds is 5. The number of nitrogens with two attached hydrogens (primary N) is 1. The molecule has 0 aromatic carbocycles. The highest BCUT2D eigenvalue weighted by Crippen LogP contribution is 2.08. The summed E-state index contributed by atoms with van der Waals surface area (Å²) in [6.07, 6.45) is 0.552. The van der Waals surface area contributed by atoms with E-state index in [0.717, 1.165) is 0 Å². The fourth-order valence-electron chi connectivity index (χ4n) is 0.906. The predicted molar refractivity (Wildman–Crippen MR) is 52.1 cm³/mol. The Kier molecular flexibility index (Phi) is 4.95. The monoisotopic (exact) mass is 188 g/mol. The molecule has 4 N–H and O–H groups in total. The summed E-state index contributed by atoms with van der Waals surface area (Å²) >= 11 is 0. The number of hydrogen-bond acceptors (Lipinski definition) is 3. The normalized spacial score (nSPS) is 13.9. The van der Waals surface area contributed by atoms with Gasteiger partial charge in [0.25, 0.3) is 0 Å². The zero-order chi connectivity index (χ0) is 10.5. The molecule has 0 saturated heterocycles. The van der Waals surface area contributed by atoms with E-state index in [1.165, 1.54) is 0 Å². The van der Waals surface area contributed by atoms with Crippen LogP contribution in [0.25, 0.3) is 0 Å². The summed E-state index contributed by atoms with van der Waals surface area (Å²) < 4.78 is 0. The number of hydrogen-bond donors (Lipinski definition) is 3. The lowest BCUT2D eigenvalue weighted by molar-refractivity contribution is -0.125. The molecule has 1 atom stereocenters. The summed E-state index contributed by atoms with van der Waals surface area (Å²) in [5, 5.41) is 11.6. The van der Waals surface area contributed by atoms with Crippen molar-refractivity contribution >= 4 is 5.91 Å². The van der Waals surface area contributed by atoms with Crippen LogP contribution < -0.4 is 11.1 Å². The molecule has 0 aliphatic heterocycles. The van der Waals surface area contributed by atoms with Crippen molar-refractivity contribution in [3.05, 3.63) is 0 Å². The second kappa shape index (κ2) is 5.19. The molecular formula is C9H20N2O2. The SMILES string of the molecule is CC(CN)C(=O)NC(C)(C)CCO. The summed E-state index contributed by atoms with van der Waals surface area (Å²) in [4.78, 5) is 11.4. The molecule has 4 heteroatoms. The van der Waals surface area contributed by atoms with Gasteiger partial charge in [0.1, 0.15) is 0 Å². The Balaban J connectivity index is 4.03. The van der Waals surface area contributed by atoms with Crippen LogP contribution in [0, 0.1) is 5.92 Å². The van der Waals surface area contributed by atoms with E-state index < -0.39 is 0 Å². The van der Waals surface area contributed by atoms with E-state index in [1.54, 1.807) is 6.92 Å². The van der Waals surface area contributed by atoms with E-state index in [4.69, 9.17) is 10.8 Å². The third-order valence-corrected chi connectivity index (χ3v) is 2.00. The summed E-state index contributed by atoms with van der Waals surface area (Å²) in [6.45, 7) is 5.96. The van der Waals surface area contributed by atoms with E-state index >= 15 is 0 Å². The Morgan fingerprint density at radius 1 is 1.62 bits per heavy atom. The van der Waals surface area contributed by atoms with Crippen LogP contribution in [-0.4, -0.2) is 29.7 Å². The molecule has 0 rings (SSSR count). The van der Waals surface area contributed by atoms with Gasteiger partial charge >= 0.3 is 0 Å². The van der Waals surface area contributed by atoms with E-state index in [2.05, 4.69) is 5.32 Å². The number of aliphatic hydroxyl groups is 1. The van der Waals surface area contributed by atoms with Gasteiger partial charge in [0.05, 0.1) is 0 Å². The average molecular weight is 188 g/mol. The van der Waals surface area contributed by atoms with E-state index in [0.29, 0.717) is 13.0 Å².